The summed E-state index contributed by atoms with van der Waals surface area (Å²) in [5, 5.41) is 23.3. The van der Waals surface area contributed by atoms with Crippen LogP contribution in [-0.4, -0.2) is 47.4 Å². The minimum Gasteiger partial charge on any atom is -0.466 e. The van der Waals surface area contributed by atoms with Crippen LogP contribution in [0.5, 0.6) is 0 Å². The van der Waals surface area contributed by atoms with Gasteiger partial charge in [-0.2, -0.15) is 0 Å². The minimum absolute atomic E-state index is 0.0228. The zero-order chi connectivity index (χ0) is 60.6. The predicted octanol–water partition coefficient (Wildman–Crippen LogP) is 25.5. The minimum atomic E-state index is -0.842. The molecule has 0 fully saturated rings. The van der Waals surface area contributed by atoms with Crippen LogP contribution in [0.3, 0.4) is 0 Å². The van der Waals surface area contributed by atoms with Gasteiger partial charge in [-0.05, 0) is 32.1 Å². The van der Waals surface area contributed by atoms with Crippen LogP contribution in [0, 0.1) is 0 Å². The summed E-state index contributed by atoms with van der Waals surface area (Å²) in [5.74, 6) is -0.0352. The first kappa shape index (κ1) is 82.6. The fourth-order valence-corrected chi connectivity index (χ4v) is 12.6. The number of carbonyl (C=O) groups excluding carboxylic acids is 2. The molecule has 0 aromatic rings. The summed E-state index contributed by atoms with van der Waals surface area (Å²) in [7, 11) is 0. The average molecular weight is 1190 g/mol. The van der Waals surface area contributed by atoms with Crippen molar-refractivity contribution in [3.8, 4) is 0 Å². The van der Waals surface area contributed by atoms with Crippen molar-refractivity contribution >= 4 is 11.9 Å². The van der Waals surface area contributed by atoms with Crippen molar-refractivity contribution in [1.82, 2.24) is 5.32 Å². The van der Waals surface area contributed by atoms with E-state index in [1.807, 2.05) is 6.08 Å². The van der Waals surface area contributed by atoms with E-state index >= 15 is 0 Å². The highest BCUT2D eigenvalue weighted by Crippen LogP contribution is 2.20. The Balaban J connectivity index is 3.35. The van der Waals surface area contributed by atoms with Crippen LogP contribution in [0.25, 0.3) is 0 Å². The Kier molecular flexibility index (Phi) is 72.8. The van der Waals surface area contributed by atoms with Crippen molar-refractivity contribution in [2.45, 2.75) is 463 Å². The van der Waals surface area contributed by atoms with E-state index in [0.29, 0.717) is 19.4 Å². The highest BCUT2D eigenvalue weighted by Gasteiger charge is 2.18. The molecular formula is C78H153NO5. The lowest BCUT2D eigenvalue weighted by Gasteiger charge is -2.20. The summed E-state index contributed by atoms with van der Waals surface area (Å²) in [6.45, 7) is 4.96. The molecule has 6 nitrogen and oxygen atoms in total. The summed E-state index contributed by atoms with van der Waals surface area (Å²) >= 11 is 0. The van der Waals surface area contributed by atoms with E-state index in [2.05, 4.69) is 19.2 Å². The Labute approximate surface area is 527 Å². The van der Waals surface area contributed by atoms with Gasteiger partial charge in [-0.1, -0.05) is 418 Å². The zero-order valence-corrected chi connectivity index (χ0v) is 57.4. The second kappa shape index (κ2) is 74.1. The van der Waals surface area contributed by atoms with Gasteiger partial charge in [-0.15, -0.1) is 0 Å². The number of aliphatic hydroxyl groups excluding tert-OH is 2. The molecule has 0 aromatic carbocycles. The second-order valence-electron chi connectivity index (χ2n) is 27.1. The van der Waals surface area contributed by atoms with Gasteiger partial charge < -0.3 is 20.3 Å². The first-order valence-electron chi connectivity index (χ1n) is 39.0. The number of rotatable bonds is 74. The lowest BCUT2D eigenvalue weighted by molar-refractivity contribution is -0.143. The highest BCUT2D eigenvalue weighted by atomic mass is 16.5. The van der Waals surface area contributed by atoms with E-state index in [-0.39, 0.29) is 18.5 Å². The molecule has 0 radical (unpaired) electrons. The van der Waals surface area contributed by atoms with Crippen LogP contribution in [0.15, 0.2) is 12.2 Å². The van der Waals surface area contributed by atoms with Crippen molar-refractivity contribution < 1.29 is 24.5 Å². The number of esters is 1. The van der Waals surface area contributed by atoms with E-state index in [0.717, 1.165) is 38.5 Å². The Bertz CT molecular complexity index is 1270. The largest absolute Gasteiger partial charge is 0.466 e. The molecule has 84 heavy (non-hydrogen) atoms. The van der Waals surface area contributed by atoms with Gasteiger partial charge in [-0.3, -0.25) is 9.59 Å². The molecule has 0 aliphatic heterocycles. The molecule has 0 aliphatic carbocycles. The maximum Gasteiger partial charge on any atom is 0.305 e. The summed E-state index contributed by atoms with van der Waals surface area (Å²) in [6, 6.07) is -0.625. The molecule has 0 aliphatic rings. The molecule has 0 saturated carbocycles. The Morgan fingerprint density at radius 3 is 0.810 bits per heavy atom. The topological polar surface area (TPSA) is 95.9 Å². The number of ether oxygens (including phenoxy) is 1. The molecular weight excluding hydrogens is 1030 g/mol. The van der Waals surface area contributed by atoms with E-state index in [4.69, 9.17) is 4.74 Å². The van der Waals surface area contributed by atoms with Gasteiger partial charge in [0.2, 0.25) is 5.91 Å². The molecule has 0 rings (SSSR count). The monoisotopic (exact) mass is 1180 g/mol. The number of hydrogen-bond donors (Lipinski definition) is 3. The first-order valence-corrected chi connectivity index (χ1v) is 39.0. The molecule has 6 heteroatoms. The molecule has 0 bridgehead atoms. The van der Waals surface area contributed by atoms with Gasteiger partial charge in [0.05, 0.1) is 25.4 Å². The van der Waals surface area contributed by atoms with E-state index < -0.39 is 12.1 Å². The van der Waals surface area contributed by atoms with Crippen LogP contribution in [0.4, 0.5) is 0 Å². The highest BCUT2D eigenvalue weighted by molar-refractivity contribution is 5.76. The molecule has 3 N–H and O–H groups in total. The van der Waals surface area contributed by atoms with E-state index in [1.54, 1.807) is 6.08 Å². The van der Waals surface area contributed by atoms with E-state index in [1.165, 1.54) is 385 Å². The van der Waals surface area contributed by atoms with Crippen LogP contribution in [-0.2, 0) is 14.3 Å². The van der Waals surface area contributed by atoms with Gasteiger partial charge in [0.25, 0.3) is 0 Å². The molecule has 0 heterocycles. The van der Waals surface area contributed by atoms with Crippen molar-refractivity contribution in [2.75, 3.05) is 13.2 Å². The normalized spacial score (nSPS) is 12.5. The number of amides is 1. The molecule has 0 spiro atoms. The second-order valence-corrected chi connectivity index (χ2v) is 27.1. The van der Waals surface area contributed by atoms with Gasteiger partial charge in [0, 0.05) is 12.8 Å². The predicted molar refractivity (Wildman–Crippen MR) is 370 cm³/mol. The molecule has 500 valence electrons. The number of carbonyl (C=O) groups is 2. The third-order valence-electron chi connectivity index (χ3n) is 18.6. The van der Waals surface area contributed by atoms with Crippen LogP contribution < -0.4 is 5.32 Å². The summed E-state index contributed by atoms with van der Waals surface area (Å²) < 4.78 is 5.49. The quantitative estimate of drug-likeness (QED) is 0.0320. The summed E-state index contributed by atoms with van der Waals surface area (Å²) in [4.78, 5) is 24.6. The Hall–Kier alpha value is -1.40. The zero-order valence-electron chi connectivity index (χ0n) is 57.4. The average Bonchev–Trinajstić information content (AvgIpc) is 3.51. The first-order chi connectivity index (χ1) is 41.5. The number of hydrogen-bond acceptors (Lipinski definition) is 5. The number of allylic oxidation sites excluding steroid dienone is 1. The lowest BCUT2D eigenvalue weighted by atomic mass is 10.0. The summed E-state index contributed by atoms with van der Waals surface area (Å²) in [5.41, 5.74) is 0. The van der Waals surface area contributed by atoms with Crippen molar-refractivity contribution in [3.63, 3.8) is 0 Å². The van der Waals surface area contributed by atoms with Gasteiger partial charge in [0.1, 0.15) is 0 Å². The standard InChI is InChI=1S/C78H153NO5/c1-3-5-7-9-11-13-15-17-18-19-20-21-32-35-38-41-44-47-50-54-58-62-66-70-76(81)75(74-80)79-77(82)71-67-63-59-55-51-48-45-42-39-36-33-30-28-26-24-22-23-25-27-29-31-34-37-40-43-46-49-53-57-61-65-69-73-84-78(83)72-68-64-60-56-52-16-14-12-10-8-6-4-2/h66,70,75-76,80-81H,3-65,67-69,71-74H2,1-2H3,(H,79,82)/b70-66+. The van der Waals surface area contributed by atoms with Gasteiger partial charge in [-0.25, -0.2) is 0 Å². The fraction of sp³-hybridized carbons (Fsp3) is 0.949. The molecule has 0 aromatic heterocycles. The Morgan fingerprint density at radius 2 is 0.548 bits per heavy atom. The number of nitrogens with one attached hydrogen (secondary N) is 1. The van der Waals surface area contributed by atoms with Crippen molar-refractivity contribution in [3.05, 3.63) is 12.2 Å². The smallest absolute Gasteiger partial charge is 0.305 e. The van der Waals surface area contributed by atoms with Gasteiger partial charge >= 0.3 is 5.97 Å². The number of unbranched alkanes of at least 4 members (excludes halogenated alkanes) is 63. The number of aliphatic hydroxyl groups is 2. The van der Waals surface area contributed by atoms with Crippen LogP contribution in [0.2, 0.25) is 0 Å². The van der Waals surface area contributed by atoms with Crippen molar-refractivity contribution in [2.24, 2.45) is 0 Å². The lowest BCUT2D eigenvalue weighted by Crippen LogP contribution is -2.45. The molecule has 0 saturated heterocycles. The third-order valence-corrected chi connectivity index (χ3v) is 18.6. The third kappa shape index (κ3) is 69.7. The maximum absolute atomic E-state index is 12.5. The summed E-state index contributed by atoms with van der Waals surface area (Å²) in [6.07, 6.45) is 93.3. The SMILES string of the molecule is CCCCCCCCCCCCCCCCCCCCCCC/C=C/C(O)C(CO)NC(=O)CCCCCCCCCCCCCCCCCCCCCCCCCCCCCCCCCCOC(=O)CCCCCCCCCCCCCC. The Morgan fingerprint density at radius 1 is 0.321 bits per heavy atom. The molecule has 2 unspecified atom stereocenters. The molecule has 2 atom stereocenters. The van der Waals surface area contributed by atoms with Crippen molar-refractivity contribution in [1.29, 1.82) is 0 Å². The van der Waals surface area contributed by atoms with Gasteiger partial charge in [0.15, 0.2) is 0 Å². The molecule has 1 amide bonds. The fourth-order valence-electron chi connectivity index (χ4n) is 12.6. The maximum atomic E-state index is 12.5. The van der Waals surface area contributed by atoms with Crippen LogP contribution in [0.1, 0.15) is 450 Å². The van der Waals surface area contributed by atoms with Crippen LogP contribution >= 0.6 is 0 Å². The van der Waals surface area contributed by atoms with E-state index in [9.17, 15) is 19.8 Å².